The van der Waals surface area contributed by atoms with Crippen molar-refractivity contribution in [1.82, 2.24) is 19.4 Å². The maximum Gasteiger partial charge on any atom is 0.253 e. The molecule has 28 heavy (non-hydrogen) atoms. The van der Waals surface area contributed by atoms with Gasteiger partial charge in [-0.3, -0.25) is 4.79 Å². The Labute approximate surface area is 165 Å². The van der Waals surface area contributed by atoms with Crippen LogP contribution in [0.4, 0.5) is 0 Å². The average molecular weight is 378 g/mol. The Bertz CT molecular complexity index is 964. The number of aryl methyl sites for hydroxylation is 1. The first-order chi connectivity index (χ1) is 13.7. The van der Waals surface area contributed by atoms with Crippen LogP contribution in [-0.4, -0.2) is 52.1 Å². The SMILES string of the molecule is CCc1ccc(C(=O)N2CCC(c3nc4cccnc4n3CCOC)C2)cc1. The fourth-order valence-corrected chi connectivity index (χ4v) is 3.91. The summed E-state index contributed by atoms with van der Waals surface area (Å²) in [7, 11) is 1.70. The van der Waals surface area contributed by atoms with Crippen molar-refractivity contribution in [2.45, 2.75) is 32.2 Å². The second kappa shape index (κ2) is 8.10. The lowest BCUT2D eigenvalue weighted by atomic mass is 10.1. The van der Waals surface area contributed by atoms with Crippen LogP contribution in [0.2, 0.25) is 0 Å². The summed E-state index contributed by atoms with van der Waals surface area (Å²) in [5.74, 6) is 1.31. The number of methoxy groups -OCH3 is 1. The van der Waals surface area contributed by atoms with Crippen LogP contribution in [0.25, 0.3) is 11.2 Å². The molecule has 0 spiro atoms. The predicted octanol–water partition coefficient (Wildman–Crippen LogP) is 3.27. The minimum Gasteiger partial charge on any atom is -0.383 e. The van der Waals surface area contributed by atoms with Gasteiger partial charge in [-0.1, -0.05) is 19.1 Å². The number of nitrogens with zero attached hydrogens (tertiary/aromatic N) is 4. The number of carbonyl (C=O) groups is 1. The summed E-state index contributed by atoms with van der Waals surface area (Å²) in [5.41, 5.74) is 3.78. The largest absolute Gasteiger partial charge is 0.383 e. The van der Waals surface area contributed by atoms with Crippen molar-refractivity contribution < 1.29 is 9.53 Å². The van der Waals surface area contributed by atoms with Crippen LogP contribution in [0.3, 0.4) is 0 Å². The molecule has 6 nitrogen and oxygen atoms in total. The molecule has 0 N–H and O–H groups in total. The van der Waals surface area contributed by atoms with Crippen LogP contribution in [0.5, 0.6) is 0 Å². The Hall–Kier alpha value is -2.73. The maximum atomic E-state index is 12.9. The van der Waals surface area contributed by atoms with Crippen LogP contribution in [0.15, 0.2) is 42.6 Å². The minimum atomic E-state index is 0.0998. The fraction of sp³-hybridized carbons (Fsp3) is 0.409. The van der Waals surface area contributed by atoms with Crippen LogP contribution < -0.4 is 0 Å². The zero-order chi connectivity index (χ0) is 19.5. The highest BCUT2D eigenvalue weighted by Crippen LogP contribution is 2.30. The third kappa shape index (κ3) is 3.52. The van der Waals surface area contributed by atoms with Gasteiger partial charge in [0.15, 0.2) is 5.65 Å². The van der Waals surface area contributed by atoms with Crippen molar-refractivity contribution in [2.75, 3.05) is 26.8 Å². The smallest absolute Gasteiger partial charge is 0.253 e. The summed E-state index contributed by atoms with van der Waals surface area (Å²) in [6.07, 6.45) is 3.68. The second-order valence-electron chi connectivity index (χ2n) is 7.25. The van der Waals surface area contributed by atoms with Gasteiger partial charge in [0.2, 0.25) is 0 Å². The summed E-state index contributed by atoms with van der Waals surface area (Å²) >= 11 is 0. The Morgan fingerprint density at radius 1 is 1.25 bits per heavy atom. The number of ether oxygens (including phenoxy) is 1. The molecule has 1 aliphatic heterocycles. The molecule has 3 heterocycles. The van der Waals surface area contributed by atoms with Crippen LogP contribution >= 0.6 is 0 Å². The fourth-order valence-electron chi connectivity index (χ4n) is 3.91. The highest BCUT2D eigenvalue weighted by molar-refractivity contribution is 5.94. The molecule has 4 rings (SSSR count). The van der Waals surface area contributed by atoms with E-state index in [0.717, 1.165) is 41.9 Å². The van der Waals surface area contributed by atoms with E-state index in [4.69, 9.17) is 9.72 Å². The number of carbonyl (C=O) groups excluding carboxylic acids is 1. The number of benzene rings is 1. The highest BCUT2D eigenvalue weighted by atomic mass is 16.5. The number of fused-ring (bicyclic) bond motifs is 1. The molecule has 6 heteroatoms. The van der Waals surface area contributed by atoms with Gasteiger partial charge in [-0.2, -0.15) is 0 Å². The molecule has 2 aromatic heterocycles. The minimum absolute atomic E-state index is 0.0998. The van der Waals surface area contributed by atoms with E-state index in [-0.39, 0.29) is 11.8 Å². The molecule has 0 saturated carbocycles. The third-order valence-corrected chi connectivity index (χ3v) is 5.50. The molecular weight excluding hydrogens is 352 g/mol. The number of hydrogen-bond acceptors (Lipinski definition) is 4. The molecule has 1 fully saturated rings. The lowest BCUT2D eigenvalue weighted by Gasteiger charge is -2.17. The summed E-state index contributed by atoms with van der Waals surface area (Å²) in [5, 5.41) is 0. The normalized spacial score (nSPS) is 16.8. The maximum absolute atomic E-state index is 12.9. The Balaban J connectivity index is 1.55. The summed E-state index contributed by atoms with van der Waals surface area (Å²) < 4.78 is 7.42. The van der Waals surface area contributed by atoms with E-state index in [1.165, 1.54) is 5.56 Å². The number of aromatic nitrogens is 3. The topological polar surface area (TPSA) is 60.2 Å². The van der Waals surface area contributed by atoms with Gasteiger partial charge in [-0.05, 0) is 42.7 Å². The molecule has 146 valence electrons. The van der Waals surface area contributed by atoms with E-state index in [1.807, 2.05) is 41.3 Å². The number of imidazole rings is 1. The van der Waals surface area contributed by atoms with E-state index in [9.17, 15) is 4.79 Å². The lowest BCUT2D eigenvalue weighted by Crippen LogP contribution is -2.28. The first kappa shape index (κ1) is 18.6. The van der Waals surface area contributed by atoms with Gasteiger partial charge in [-0.15, -0.1) is 0 Å². The molecule has 1 amide bonds. The third-order valence-electron chi connectivity index (χ3n) is 5.50. The number of pyridine rings is 1. The van der Waals surface area contributed by atoms with Crippen LogP contribution in [0.1, 0.15) is 41.0 Å². The van der Waals surface area contributed by atoms with E-state index in [2.05, 4.69) is 16.5 Å². The highest BCUT2D eigenvalue weighted by Gasteiger charge is 2.31. The number of hydrogen-bond donors (Lipinski definition) is 0. The summed E-state index contributed by atoms with van der Waals surface area (Å²) in [6, 6.07) is 11.8. The van der Waals surface area contributed by atoms with Gasteiger partial charge in [0.05, 0.1) is 6.61 Å². The molecular formula is C22H26N4O2. The van der Waals surface area contributed by atoms with Gasteiger partial charge < -0.3 is 14.2 Å². The lowest BCUT2D eigenvalue weighted by molar-refractivity contribution is 0.0790. The second-order valence-corrected chi connectivity index (χ2v) is 7.25. The number of rotatable bonds is 6. The molecule has 1 unspecified atom stereocenters. The van der Waals surface area contributed by atoms with Crippen molar-refractivity contribution in [3.05, 3.63) is 59.5 Å². The molecule has 0 radical (unpaired) electrons. The first-order valence-electron chi connectivity index (χ1n) is 9.89. The Kier molecular flexibility index (Phi) is 5.39. The zero-order valence-electron chi connectivity index (χ0n) is 16.5. The number of likely N-dealkylation sites (tertiary alicyclic amines) is 1. The van der Waals surface area contributed by atoms with E-state index in [0.29, 0.717) is 19.7 Å². The molecule has 3 aromatic rings. The summed E-state index contributed by atoms with van der Waals surface area (Å²) in [4.78, 5) is 24.2. The van der Waals surface area contributed by atoms with Gasteiger partial charge >= 0.3 is 0 Å². The molecule has 0 aliphatic carbocycles. The molecule has 1 aliphatic rings. The van der Waals surface area contributed by atoms with Gasteiger partial charge in [0.1, 0.15) is 11.3 Å². The monoisotopic (exact) mass is 378 g/mol. The van der Waals surface area contributed by atoms with E-state index in [1.54, 1.807) is 13.3 Å². The molecule has 0 bridgehead atoms. The Morgan fingerprint density at radius 3 is 2.82 bits per heavy atom. The van der Waals surface area contributed by atoms with Crippen molar-refractivity contribution in [2.24, 2.45) is 0 Å². The van der Waals surface area contributed by atoms with Gasteiger partial charge in [-0.25, -0.2) is 9.97 Å². The standard InChI is InChI=1S/C22H26N4O2/c1-3-16-6-8-17(9-7-16)22(27)25-12-10-18(15-25)20-24-19-5-4-11-23-21(19)26(20)13-14-28-2/h4-9,11,18H,3,10,12-15H2,1-2H3. The number of amides is 1. The van der Waals surface area contributed by atoms with E-state index < -0.39 is 0 Å². The molecule has 1 atom stereocenters. The molecule has 1 saturated heterocycles. The van der Waals surface area contributed by atoms with Crippen molar-refractivity contribution in [3.8, 4) is 0 Å². The van der Waals surface area contributed by atoms with Crippen molar-refractivity contribution in [3.63, 3.8) is 0 Å². The first-order valence-corrected chi connectivity index (χ1v) is 9.89. The average Bonchev–Trinajstić information content (AvgIpc) is 3.36. The van der Waals surface area contributed by atoms with Crippen LogP contribution in [-0.2, 0) is 17.7 Å². The predicted molar refractivity (Wildman–Crippen MR) is 108 cm³/mol. The van der Waals surface area contributed by atoms with Gasteiger partial charge in [0.25, 0.3) is 5.91 Å². The van der Waals surface area contributed by atoms with Crippen LogP contribution in [0, 0.1) is 0 Å². The van der Waals surface area contributed by atoms with Gasteiger partial charge in [0, 0.05) is 44.4 Å². The molecule has 1 aromatic carbocycles. The zero-order valence-corrected chi connectivity index (χ0v) is 16.5. The summed E-state index contributed by atoms with van der Waals surface area (Å²) in [6.45, 7) is 4.87. The quantitative estimate of drug-likeness (QED) is 0.661. The van der Waals surface area contributed by atoms with E-state index >= 15 is 0 Å². The Morgan fingerprint density at radius 2 is 2.07 bits per heavy atom. The van der Waals surface area contributed by atoms with Crippen molar-refractivity contribution >= 4 is 17.1 Å². The van der Waals surface area contributed by atoms with Crippen molar-refractivity contribution in [1.29, 1.82) is 0 Å².